The minimum atomic E-state index is -0.207. The fourth-order valence-electron chi connectivity index (χ4n) is 2.05. The van der Waals surface area contributed by atoms with Crippen molar-refractivity contribution in [2.24, 2.45) is 0 Å². The maximum Gasteiger partial charge on any atom is 0.409 e. The molecule has 112 valence electrons. The molecule has 1 aliphatic heterocycles. The third-order valence-corrected chi connectivity index (χ3v) is 4.24. The molecule has 1 aromatic rings. The number of aromatic nitrogens is 1. The van der Waals surface area contributed by atoms with Gasteiger partial charge >= 0.3 is 6.09 Å². The van der Waals surface area contributed by atoms with E-state index < -0.39 is 0 Å². The topological polar surface area (TPSA) is 45.7 Å². The highest BCUT2D eigenvalue weighted by molar-refractivity contribution is 7.13. The first kappa shape index (κ1) is 15.1. The van der Waals surface area contributed by atoms with Crippen molar-refractivity contribution in [2.45, 2.75) is 33.1 Å². The van der Waals surface area contributed by atoms with Crippen molar-refractivity contribution >= 4 is 22.6 Å². The Hall–Kier alpha value is -1.30. The van der Waals surface area contributed by atoms with Gasteiger partial charge in [0.15, 0.2) is 5.13 Å². The van der Waals surface area contributed by atoms with E-state index in [9.17, 15) is 4.79 Å². The number of carbonyl (C=O) groups excluding carboxylic acids is 1. The second-order valence-electron chi connectivity index (χ2n) is 5.94. The molecule has 0 spiro atoms. The molecule has 0 saturated carbocycles. The highest BCUT2D eigenvalue weighted by atomic mass is 32.1. The monoisotopic (exact) mass is 297 g/mol. The van der Waals surface area contributed by atoms with Crippen molar-refractivity contribution in [3.63, 3.8) is 0 Å². The van der Waals surface area contributed by atoms with E-state index in [0.29, 0.717) is 19.7 Å². The normalized spacial score (nSPS) is 16.4. The molecule has 0 radical (unpaired) electrons. The van der Waals surface area contributed by atoms with E-state index in [4.69, 9.17) is 9.72 Å². The zero-order valence-corrected chi connectivity index (χ0v) is 13.5. The first-order valence-electron chi connectivity index (χ1n) is 7.04. The molecule has 1 amide bonds. The zero-order valence-electron chi connectivity index (χ0n) is 12.7. The van der Waals surface area contributed by atoms with Gasteiger partial charge in [-0.2, -0.15) is 0 Å². The molecule has 1 aromatic heterocycles. The van der Waals surface area contributed by atoms with Crippen LogP contribution in [0.5, 0.6) is 0 Å². The SMILES string of the molecule is CCOC(=O)N1CCN(c2nc(C(C)(C)C)cs2)CC1. The molecule has 0 aromatic carbocycles. The lowest BCUT2D eigenvalue weighted by Gasteiger charge is -2.33. The molecule has 2 heterocycles. The Labute approximate surface area is 124 Å². The Balaban J connectivity index is 1.94. The zero-order chi connectivity index (χ0) is 14.8. The van der Waals surface area contributed by atoms with Gasteiger partial charge in [-0.3, -0.25) is 0 Å². The number of ether oxygens (including phenoxy) is 1. The third kappa shape index (κ3) is 3.42. The number of piperazine rings is 1. The fourth-order valence-corrected chi connectivity index (χ4v) is 3.16. The van der Waals surface area contributed by atoms with Crippen LogP contribution in [0.1, 0.15) is 33.4 Å². The van der Waals surface area contributed by atoms with Gasteiger partial charge in [0.1, 0.15) is 0 Å². The van der Waals surface area contributed by atoms with Crippen LogP contribution in [0.3, 0.4) is 0 Å². The summed E-state index contributed by atoms with van der Waals surface area (Å²) in [7, 11) is 0. The number of hydrogen-bond donors (Lipinski definition) is 0. The predicted octanol–water partition coefficient (Wildman–Crippen LogP) is 2.72. The molecule has 0 atom stereocenters. The van der Waals surface area contributed by atoms with Gasteiger partial charge in [0.2, 0.25) is 0 Å². The average molecular weight is 297 g/mol. The standard InChI is InChI=1S/C14H23N3O2S/c1-5-19-13(18)17-8-6-16(7-9-17)12-15-11(10-20-12)14(2,3)4/h10H,5-9H2,1-4H3. The molecule has 1 aliphatic rings. The lowest BCUT2D eigenvalue weighted by atomic mass is 9.93. The molecular formula is C14H23N3O2S. The molecule has 1 fully saturated rings. The van der Waals surface area contributed by atoms with Crippen LogP contribution < -0.4 is 4.90 Å². The molecule has 0 unspecified atom stereocenters. The summed E-state index contributed by atoms with van der Waals surface area (Å²) in [5, 5.41) is 3.19. The number of hydrogen-bond acceptors (Lipinski definition) is 5. The van der Waals surface area contributed by atoms with Gasteiger partial charge in [0.05, 0.1) is 12.3 Å². The van der Waals surface area contributed by atoms with Gasteiger partial charge in [-0.25, -0.2) is 9.78 Å². The van der Waals surface area contributed by atoms with Crippen LogP contribution in [0.15, 0.2) is 5.38 Å². The Morgan fingerprint density at radius 2 is 2.00 bits per heavy atom. The first-order chi connectivity index (χ1) is 9.41. The summed E-state index contributed by atoms with van der Waals surface area (Å²) in [6, 6.07) is 0. The first-order valence-corrected chi connectivity index (χ1v) is 7.92. The van der Waals surface area contributed by atoms with E-state index in [1.54, 1.807) is 16.2 Å². The lowest BCUT2D eigenvalue weighted by Crippen LogP contribution is -2.49. The van der Waals surface area contributed by atoms with E-state index in [1.165, 1.54) is 0 Å². The quantitative estimate of drug-likeness (QED) is 0.842. The lowest BCUT2D eigenvalue weighted by molar-refractivity contribution is 0.105. The van der Waals surface area contributed by atoms with Crippen LogP contribution in [0, 0.1) is 0 Å². The molecule has 1 saturated heterocycles. The maximum absolute atomic E-state index is 11.6. The second-order valence-corrected chi connectivity index (χ2v) is 6.77. The summed E-state index contributed by atoms with van der Waals surface area (Å²) in [6.07, 6.45) is -0.207. The van der Waals surface area contributed by atoms with Gasteiger partial charge in [0.25, 0.3) is 0 Å². The average Bonchev–Trinajstić information content (AvgIpc) is 2.89. The molecule has 0 bridgehead atoms. The van der Waals surface area contributed by atoms with E-state index in [-0.39, 0.29) is 11.5 Å². The molecule has 20 heavy (non-hydrogen) atoms. The summed E-state index contributed by atoms with van der Waals surface area (Å²) >= 11 is 1.68. The smallest absolute Gasteiger partial charge is 0.409 e. The van der Waals surface area contributed by atoms with Crippen molar-refractivity contribution < 1.29 is 9.53 Å². The highest BCUT2D eigenvalue weighted by Gasteiger charge is 2.25. The number of carbonyl (C=O) groups is 1. The molecule has 6 heteroatoms. The predicted molar refractivity (Wildman–Crippen MR) is 81.6 cm³/mol. The Bertz CT molecular complexity index is 459. The van der Waals surface area contributed by atoms with Crippen LogP contribution in [-0.2, 0) is 10.2 Å². The number of rotatable bonds is 2. The Morgan fingerprint density at radius 3 is 2.50 bits per heavy atom. The number of amides is 1. The van der Waals surface area contributed by atoms with Crippen LogP contribution >= 0.6 is 11.3 Å². The fraction of sp³-hybridized carbons (Fsp3) is 0.714. The third-order valence-electron chi connectivity index (χ3n) is 3.34. The van der Waals surface area contributed by atoms with Crippen molar-refractivity contribution in [3.8, 4) is 0 Å². The minimum absolute atomic E-state index is 0.0848. The van der Waals surface area contributed by atoms with Gasteiger partial charge in [0, 0.05) is 37.0 Å². The number of thiazole rings is 1. The summed E-state index contributed by atoms with van der Waals surface area (Å²) in [6.45, 7) is 11.8. The van der Waals surface area contributed by atoms with Crippen LogP contribution in [0.2, 0.25) is 0 Å². The number of nitrogens with zero attached hydrogens (tertiary/aromatic N) is 3. The van der Waals surface area contributed by atoms with E-state index in [1.807, 2.05) is 6.92 Å². The highest BCUT2D eigenvalue weighted by Crippen LogP contribution is 2.29. The van der Waals surface area contributed by atoms with E-state index in [0.717, 1.165) is 23.9 Å². The van der Waals surface area contributed by atoms with E-state index >= 15 is 0 Å². The molecular weight excluding hydrogens is 274 g/mol. The van der Waals surface area contributed by atoms with E-state index in [2.05, 4.69) is 31.1 Å². The van der Waals surface area contributed by atoms with Crippen molar-refractivity contribution in [2.75, 3.05) is 37.7 Å². The van der Waals surface area contributed by atoms with Gasteiger partial charge in [-0.1, -0.05) is 20.8 Å². The summed E-state index contributed by atoms with van der Waals surface area (Å²) in [4.78, 5) is 20.4. The molecule has 0 aliphatic carbocycles. The molecule has 5 nitrogen and oxygen atoms in total. The largest absolute Gasteiger partial charge is 0.450 e. The summed E-state index contributed by atoms with van der Waals surface area (Å²) < 4.78 is 5.03. The Morgan fingerprint density at radius 1 is 1.35 bits per heavy atom. The molecule has 2 rings (SSSR count). The van der Waals surface area contributed by atoms with Crippen LogP contribution in [0.4, 0.5) is 9.93 Å². The van der Waals surface area contributed by atoms with Crippen LogP contribution in [0.25, 0.3) is 0 Å². The minimum Gasteiger partial charge on any atom is -0.450 e. The molecule has 0 N–H and O–H groups in total. The summed E-state index contributed by atoms with van der Waals surface area (Å²) in [5.74, 6) is 0. The van der Waals surface area contributed by atoms with Gasteiger partial charge in [-0.05, 0) is 6.92 Å². The van der Waals surface area contributed by atoms with Gasteiger partial charge in [-0.15, -0.1) is 11.3 Å². The van der Waals surface area contributed by atoms with Gasteiger partial charge < -0.3 is 14.5 Å². The van der Waals surface area contributed by atoms with Crippen molar-refractivity contribution in [1.82, 2.24) is 9.88 Å². The number of anilines is 1. The van der Waals surface area contributed by atoms with Crippen molar-refractivity contribution in [1.29, 1.82) is 0 Å². The van der Waals surface area contributed by atoms with Crippen LogP contribution in [-0.4, -0.2) is 48.8 Å². The summed E-state index contributed by atoms with van der Waals surface area (Å²) in [5.41, 5.74) is 1.21. The van der Waals surface area contributed by atoms with Crippen molar-refractivity contribution in [3.05, 3.63) is 11.1 Å². The second kappa shape index (κ2) is 5.99. The maximum atomic E-state index is 11.6. The Kier molecular flexibility index (Phi) is 4.52.